The summed E-state index contributed by atoms with van der Waals surface area (Å²) < 4.78 is 7.05. The number of amides is 1. The number of nitrogens with two attached hydrogens (primary N) is 1. The first-order chi connectivity index (χ1) is 14.4. The third kappa shape index (κ3) is 4.43. The topological polar surface area (TPSA) is 110 Å². The summed E-state index contributed by atoms with van der Waals surface area (Å²) in [6.45, 7) is 2.33. The number of nitrogens with zero attached hydrogens (tertiary/aromatic N) is 2. The van der Waals surface area contributed by atoms with E-state index in [9.17, 15) is 14.4 Å². The highest BCUT2D eigenvalue weighted by molar-refractivity contribution is 6.07. The summed E-state index contributed by atoms with van der Waals surface area (Å²) in [4.78, 5) is 40.9. The number of ether oxygens (including phenoxy) is 1. The fraction of sp³-hybridized carbons (Fsp3) is 0.227. The second kappa shape index (κ2) is 9.13. The number of H-pyrrole nitrogens is 1. The molecule has 1 amide bonds. The van der Waals surface area contributed by atoms with Crippen molar-refractivity contribution >= 4 is 17.4 Å². The molecule has 0 saturated heterocycles. The largest absolute Gasteiger partial charge is 0.457 e. The van der Waals surface area contributed by atoms with Crippen LogP contribution in [0.4, 0.5) is 11.5 Å². The van der Waals surface area contributed by atoms with E-state index in [4.69, 9.17) is 10.5 Å². The van der Waals surface area contributed by atoms with E-state index in [0.29, 0.717) is 30.0 Å². The molecule has 0 radical (unpaired) electrons. The van der Waals surface area contributed by atoms with Crippen LogP contribution in [0, 0.1) is 0 Å². The molecule has 156 valence electrons. The Morgan fingerprint density at radius 2 is 1.80 bits per heavy atom. The maximum atomic E-state index is 13.0. The van der Waals surface area contributed by atoms with Gasteiger partial charge in [0.15, 0.2) is 5.69 Å². The van der Waals surface area contributed by atoms with Crippen LogP contribution in [0.3, 0.4) is 0 Å². The maximum absolute atomic E-state index is 13.0. The van der Waals surface area contributed by atoms with E-state index in [0.717, 1.165) is 11.3 Å². The van der Waals surface area contributed by atoms with Gasteiger partial charge in [-0.2, -0.15) is 0 Å². The molecule has 1 aromatic heterocycles. The number of carbonyl (C=O) groups excluding carboxylic acids is 1. The minimum atomic E-state index is -0.710. The molecule has 0 aliphatic heterocycles. The molecule has 8 heteroatoms. The van der Waals surface area contributed by atoms with Crippen molar-refractivity contribution in [3.05, 3.63) is 81.0 Å². The molecule has 0 atom stereocenters. The molecule has 0 aliphatic rings. The number of aromatic nitrogens is 2. The molecule has 0 unspecified atom stereocenters. The number of hydrogen-bond acceptors (Lipinski definition) is 5. The average Bonchev–Trinajstić information content (AvgIpc) is 2.73. The van der Waals surface area contributed by atoms with E-state index in [1.165, 1.54) is 11.6 Å². The molecule has 30 heavy (non-hydrogen) atoms. The first-order valence-corrected chi connectivity index (χ1v) is 9.66. The van der Waals surface area contributed by atoms with Crippen LogP contribution in [-0.2, 0) is 6.54 Å². The Bertz CT molecular complexity index is 1150. The van der Waals surface area contributed by atoms with Crippen molar-refractivity contribution in [3.8, 4) is 11.5 Å². The molecule has 0 aliphatic carbocycles. The predicted octanol–water partition coefficient (Wildman–Crippen LogP) is 2.99. The Hall–Kier alpha value is -3.81. The van der Waals surface area contributed by atoms with Crippen LogP contribution in [0.15, 0.2) is 64.2 Å². The Kier molecular flexibility index (Phi) is 6.36. The van der Waals surface area contributed by atoms with Gasteiger partial charge in [-0.3, -0.25) is 19.1 Å². The normalized spacial score (nSPS) is 10.6. The fourth-order valence-electron chi connectivity index (χ4n) is 3.05. The standard InChI is InChI=1S/C22H24N4O4/c1-3-4-13-26-19(23)18(20(27)24-22(26)29)25(2)21(28)15-9-8-12-17(14-15)30-16-10-6-5-7-11-16/h5-12,14H,3-4,13,23H2,1-2H3,(H,24,27,29). The van der Waals surface area contributed by atoms with Crippen LogP contribution in [0.5, 0.6) is 11.5 Å². The van der Waals surface area contributed by atoms with Gasteiger partial charge in [0.2, 0.25) is 0 Å². The maximum Gasteiger partial charge on any atom is 0.330 e. The lowest BCUT2D eigenvalue weighted by atomic mass is 10.2. The van der Waals surface area contributed by atoms with Crippen molar-refractivity contribution in [1.82, 2.24) is 9.55 Å². The molecule has 8 nitrogen and oxygen atoms in total. The SMILES string of the molecule is CCCCn1c(N)c(N(C)C(=O)c2cccc(Oc3ccccc3)c2)c(=O)[nH]c1=O. The van der Waals surface area contributed by atoms with E-state index in [-0.39, 0.29) is 11.5 Å². The third-order valence-electron chi connectivity index (χ3n) is 4.65. The Balaban J connectivity index is 1.92. The zero-order valence-electron chi connectivity index (χ0n) is 16.9. The Morgan fingerprint density at radius 1 is 1.10 bits per heavy atom. The Labute approximate surface area is 173 Å². The van der Waals surface area contributed by atoms with Gasteiger partial charge in [-0.05, 0) is 36.8 Å². The van der Waals surface area contributed by atoms with Gasteiger partial charge in [0.05, 0.1) is 0 Å². The molecular weight excluding hydrogens is 384 g/mol. The number of hydrogen-bond donors (Lipinski definition) is 2. The van der Waals surface area contributed by atoms with Crippen LogP contribution in [0.2, 0.25) is 0 Å². The van der Waals surface area contributed by atoms with E-state index in [1.807, 2.05) is 25.1 Å². The van der Waals surface area contributed by atoms with Crippen molar-refractivity contribution in [2.75, 3.05) is 17.7 Å². The van der Waals surface area contributed by atoms with Gasteiger partial charge < -0.3 is 15.4 Å². The van der Waals surface area contributed by atoms with E-state index < -0.39 is 17.2 Å². The van der Waals surface area contributed by atoms with E-state index >= 15 is 0 Å². The number of unbranched alkanes of at least 4 members (excludes halogenated alkanes) is 1. The van der Waals surface area contributed by atoms with Crippen molar-refractivity contribution in [2.24, 2.45) is 0 Å². The molecular formula is C22H24N4O4. The number of rotatable bonds is 7. The Morgan fingerprint density at radius 3 is 2.50 bits per heavy atom. The van der Waals surface area contributed by atoms with Gasteiger partial charge in [0.25, 0.3) is 11.5 Å². The first kappa shape index (κ1) is 20.9. The summed E-state index contributed by atoms with van der Waals surface area (Å²) in [6.07, 6.45) is 1.56. The van der Waals surface area contributed by atoms with Gasteiger partial charge in [0, 0.05) is 19.2 Å². The lowest BCUT2D eigenvalue weighted by molar-refractivity contribution is 0.0992. The summed E-state index contributed by atoms with van der Waals surface area (Å²) >= 11 is 0. The van der Waals surface area contributed by atoms with Crippen LogP contribution in [0.1, 0.15) is 30.1 Å². The fourth-order valence-corrected chi connectivity index (χ4v) is 3.05. The van der Waals surface area contributed by atoms with Gasteiger partial charge in [-0.1, -0.05) is 37.6 Å². The van der Waals surface area contributed by atoms with Crippen LogP contribution in [-0.4, -0.2) is 22.5 Å². The molecule has 0 bridgehead atoms. The first-order valence-electron chi connectivity index (χ1n) is 9.66. The monoisotopic (exact) mass is 408 g/mol. The number of para-hydroxylation sites is 1. The number of nitrogen functional groups attached to an aromatic ring is 1. The third-order valence-corrected chi connectivity index (χ3v) is 4.65. The van der Waals surface area contributed by atoms with Crippen molar-refractivity contribution in [1.29, 1.82) is 0 Å². The summed E-state index contributed by atoms with van der Waals surface area (Å²) in [5.74, 6) is 0.630. The van der Waals surface area contributed by atoms with Gasteiger partial charge in [-0.25, -0.2) is 4.79 Å². The number of aromatic amines is 1. The number of carbonyl (C=O) groups is 1. The molecule has 3 aromatic rings. The van der Waals surface area contributed by atoms with Gasteiger partial charge in [-0.15, -0.1) is 0 Å². The second-order valence-electron chi connectivity index (χ2n) is 6.81. The molecule has 0 fully saturated rings. The molecule has 0 spiro atoms. The van der Waals surface area contributed by atoms with Crippen molar-refractivity contribution in [3.63, 3.8) is 0 Å². The molecule has 0 saturated carbocycles. The zero-order chi connectivity index (χ0) is 21.7. The zero-order valence-corrected chi connectivity index (χ0v) is 16.9. The lowest BCUT2D eigenvalue weighted by Gasteiger charge is -2.20. The van der Waals surface area contributed by atoms with Crippen LogP contribution >= 0.6 is 0 Å². The summed E-state index contributed by atoms with van der Waals surface area (Å²) in [6, 6.07) is 15.8. The van der Waals surface area contributed by atoms with Crippen LogP contribution in [0.25, 0.3) is 0 Å². The highest BCUT2D eigenvalue weighted by Crippen LogP contribution is 2.24. The average molecular weight is 408 g/mol. The highest BCUT2D eigenvalue weighted by Gasteiger charge is 2.22. The van der Waals surface area contributed by atoms with Crippen molar-refractivity contribution < 1.29 is 9.53 Å². The van der Waals surface area contributed by atoms with Gasteiger partial charge >= 0.3 is 5.69 Å². The minimum Gasteiger partial charge on any atom is -0.457 e. The molecule has 2 aromatic carbocycles. The predicted molar refractivity (Wildman–Crippen MR) is 116 cm³/mol. The second-order valence-corrected chi connectivity index (χ2v) is 6.81. The quantitative estimate of drug-likeness (QED) is 0.624. The molecule has 3 N–H and O–H groups in total. The van der Waals surface area contributed by atoms with E-state index in [1.54, 1.807) is 36.4 Å². The number of nitrogens with one attached hydrogen (secondary N) is 1. The highest BCUT2D eigenvalue weighted by atomic mass is 16.5. The number of benzene rings is 2. The summed E-state index contributed by atoms with van der Waals surface area (Å²) in [5.41, 5.74) is 5.05. The van der Waals surface area contributed by atoms with Gasteiger partial charge in [0.1, 0.15) is 17.3 Å². The summed E-state index contributed by atoms with van der Waals surface area (Å²) in [7, 11) is 1.45. The van der Waals surface area contributed by atoms with Crippen LogP contribution < -0.4 is 26.6 Å². The minimum absolute atomic E-state index is 0.0373. The smallest absolute Gasteiger partial charge is 0.330 e. The summed E-state index contributed by atoms with van der Waals surface area (Å²) in [5, 5.41) is 0. The molecule has 1 heterocycles. The number of anilines is 2. The van der Waals surface area contributed by atoms with Crippen molar-refractivity contribution in [2.45, 2.75) is 26.3 Å². The molecule has 3 rings (SSSR count). The van der Waals surface area contributed by atoms with E-state index in [2.05, 4.69) is 4.98 Å². The lowest BCUT2D eigenvalue weighted by Crippen LogP contribution is -2.39.